The number of aliphatic hydroxyl groups excluding tert-OH is 3. The lowest BCUT2D eigenvalue weighted by molar-refractivity contribution is -0.329. The van der Waals surface area contributed by atoms with Crippen LogP contribution in [0.15, 0.2) is 0 Å². The molecule has 0 bridgehead atoms. The van der Waals surface area contributed by atoms with E-state index in [1.165, 1.54) is 270 Å². The molecule has 7 rings (SSSR count). The van der Waals surface area contributed by atoms with Crippen molar-refractivity contribution in [3.05, 3.63) is 0 Å². The Hall–Kier alpha value is -2.70. The highest BCUT2D eigenvalue weighted by Crippen LogP contribution is 2.60. The maximum absolute atomic E-state index is 18.5. The Morgan fingerprint density at radius 2 is 0.349 bits per heavy atom. The second kappa shape index (κ2) is 65.9. The average molecular weight is 1770 g/mol. The molecule has 0 spiro atoms. The first kappa shape index (κ1) is 110. The molecule has 0 aromatic carbocycles. The third-order valence-electron chi connectivity index (χ3n) is 33.9. The molecule has 12 nitrogen and oxygen atoms in total. The van der Waals surface area contributed by atoms with Crippen molar-refractivity contribution in [1.82, 2.24) is 0 Å². The molecule has 0 amide bonds. The van der Waals surface area contributed by atoms with E-state index < -0.39 is 106 Å². The number of hydrogen-bond acceptors (Lipinski definition) is 12. The highest BCUT2D eigenvalue weighted by atomic mass is 16.7. The van der Waals surface area contributed by atoms with Crippen molar-refractivity contribution in [2.24, 2.45) is 71.0 Å². The zero-order chi connectivity index (χ0) is 90.1. The van der Waals surface area contributed by atoms with Crippen LogP contribution in [0.5, 0.6) is 0 Å². The average Bonchev–Trinajstić information content (AvgIpc) is 0.657. The van der Waals surface area contributed by atoms with E-state index in [9.17, 15) is 15.3 Å². The standard InChI is InChI=1S/C114H204O12/c1-7-13-19-25-31-37-43-49-55-61-91-67-79-97(80-68-91)104(116)112(124-109(121)100-85-73-94(74-86-100)64-58-52-46-40-34-28-22-16-10-4)107(119)103(115)108(120)113(105(117)98-81-69-92(70-82-98)62-56-50-44-38-32-26-20-14-8-2,125-110(122)101-87-75-95(76-88-101)65-59-53-47-41-35-29-23-17-11-5)114(112,106(118)99-83-71-93(72-84-99)63-57-51-45-39-33-27-21-15-9-3)126-111(123)102-89-77-96(78-90-102)66-60-54-48-42-36-30-24-18-12-6/h91-103,107-108,115,119-120H,7-90H2,1-6H3/t91-,92-,93-,94-,95-,96-,97-,98-,99-,100-,101-,102-,103-,107-,108+,112+,113-,114-. The summed E-state index contributed by atoms with van der Waals surface area (Å²) >= 11 is 0. The number of hydrogen-bond donors (Lipinski definition) is 3. The molecule has 12 heteroatoms. The van der Waals surface area contributed by atoms with Crippen LogP contribution in [0.4, 0.5) is 0 Å². The molecule has 0 radical (unpaired) electrons. The van der Waals surface area contributed by atoms with E-state index in [-0.39, 0.29) is 30.6 Å². The molecule has 7 saturated carbocycles. The molecule has 0 unspecified atom stereocenters. The Morgan fingerprint density at radius 3 is 0.532 bits per heavy atom. The van der Waals surface area contributed by atoms with E-state index in [2.05, 4.69) is 41.5 Å². The van der Waals surface area contributed by atoms with Gasteiger partial charge >= 0.3 is 17.9 Å². The van der Waals surface area contributed by atoms with Crippen molar-refractivity contribution in [2.45, 2.75) is 616 Å². The van der Waals surface area contributed by atoms with Crippen LogP contribution in [0.25, 0.3) is 0 Å². The zero-order valence-electron chi connectivity index (χ0n) is 83.6. The number of esters is 3. The van der Waals surface area contributed by atoms with Gasteiger partial charge in [-0.1, -0.05) is 427 Å². The minimum atomic E-state index is -3.46. The summed E-state index contributed by atoms with van der Waals surface area (Å²) in [6, 6.07) is 0. The molecule has 0 heterocycles. The molecule has 6 atom stereocenters. The Kier molecular flexibility index (Phi) is 57.7. The number of rotatable bonds is 72. The van der Waals surface area contributed by atoms with Crippen molar-refractivity contribution in [2.75, 3.05) is 0 Å². The molecule has 3 N–H and O–H groups in total. The number of Topliss-reactive ketones (excluding diaryl/α,β-unsaturated/α-hetero) is 3. The van der Waals surface area contributed by atoms with Gasteiger partial charge in [-0.3, -0.25) is 28.8 Å². The minimum Gasteiger partial charge on any atom is -0.443 e. The molecule has 0 aromatic rings. The van der Waals surface area contributed by atoms with E-state index in [1.807, 2.05) is 0 Å². The van der Waals surface area contributed by atoms with Crippen molar-refractivity contribution >= 4 is 35.3 Å². The lowest BCUT2D eigenvalue weighted by Crippen LogP contribution is -2.92. The maximum atomic E-state index is 18.5. The highest BCUT2D eigenvalue weighted by molar-refractivity contribution is 6.12. The molecule has 126 heavy (non-hydrogen) atoms. The quantitative estimate of drug-likeness (QED) is 0.0297. The largest absolute Gasteiger partial charge is 0.443 e. The van der Waals surface area contributed by atoms with Gasteiger partial charge in [-0.05, 0) is 190 Å². The molecule has 0 aromatic heterocycles. The van der Waals surface area contributed by atoms with Crippen LogP contribution in [0, 0.1) is 71.0 Å². The summed E-state index contributed by atoms with van der Waals surface area (Å²) in [5.41, 5.74) is -10.1. The molecule has 732 valence electrons. The maximum Gasteiger partial charge on any atom is 0.310 e. The van der Waals surface area contributed by atoms with Gasteiger partial charge in [-0.15, -0.1) is 0 Å². The summed E-state index contributed by atoms with van der Waals surface area (Å²) < 4.78 is 22.6. The first-order chi connectivity index (χ1) is 61.6. The van der Waals surface area contributed by atoms with Crippen molar-refractivity contribution in [3.63, 3.8) is 0 Å². The fourth-order valence-electron chi connectivity index (χ4n) is 25.2. The van der Waals surface area contributed by atoms with Crippen molar-refractivity contribution < 1.29 is 58.3 Å². The molecular formula is C114H204O12. The molecule has 0 saturated heterocycles. The third kappa shape index (κ3) is 36.8. The minimum absolute atomic E-state index is 0.267. The van der Waals surface area contributed by atoms with E-state index in [4.69, 9.17) is 14.2 Å². The summed E-state index contributed by atoms with van der Waals surface area (Å²) in [7, 11) is 0. The van der Waals surface area contributed by atoms with Gasteiger partial charge in [0.2, 0.25) is 11.2 Å². The molecular weight excluding hydrogens is 1560 g/mol. The summed E-state index contributed by atoms with van der Waals surface area (Å²) in [4.78, 5) is 105. The lowest BCUT2D eigenvalue weighted by atomic mass is 9.49. The normalized spacial score (nSPS) is 29.1. The third-order valence-corrected chi connectivity index (χ3v) is 33.9. The fraction of sp³-hybridized carbons (Fsp3) is 0.947. The molecule has 7 aliphatic carbocycles. The monoisotopic (exact) mass is 1770 g/mol. The van der Waals surface area contributed by atoms with Crippen LogP contribution < -0.4 is 0 Å². The van der Waals surface area contributed by atoms with Crippen LogP contribution in [-0.2, 0) is 43.0 Å². The molecule has 0 aliphatic heterocycles. The van der Waals surface area contributed by atoms with Gasteiger partial charge < -0.3 is 29.5 Å². The summed E-state index contributed by atoms with van der Waals surface area (Å²) in [6.07, 6.45) is 77.1. The Balaban J connectivity index is 1.36. The van der Waals surface area contributed by atoms with E-state index in [1.54, 1.807) is 0 Å². The number of aliphatic hydroxyl groups is 3. The number of ether oxygens (including phenoxy) is 3. The Labute approximate surface area is 776 Å². The van der Waals surface area contributed by atoms with Gasteiger partial charge in [0, 0.05) is 17.8 Å². The SMILES string of the molecule is CCCCCCCCCCC[C@H]1CC[C@H](C(=O)O[C@@]2(C(=O)[C@H]3CC[C@H](CCCCCCCCCCC)CC3)[C@@](OC(=O)[C@H]3CC[C@H](CCCCCCCCCCC)CC3)(C(=O)[C@H]3CC[C@H](CCCCCCCCCCC)CC3)[C@@H](O)[C@H](O)[C@@H](O)[C@@]2(OC(=O)[C@H]2CC[C@H](CCCCCCCCCCC)CC2)C(=O)[C@H]2CC[C@H](CCCCCCCCCCC)CC2)CC1. The molecule has 7 fully saturated rings. The van der Waals surface area contributed by atoms with Crippen molar-refractivity contribution in [1.29, 1.82) is 0 Å². The molecule has 7 aliphatic rings. The van der Waals surface area contributed by atoms with Crippen LogP contribution in [-0.4, -0.2) is 85.7 Å². The Morgan fingerprint density at radius 1 is 0.198 bits per heavy atom. The van der Waals surface area contributed by atoms with Gasteiger partial charge in [-0.2, -0.15) is 0 Å². The second-order valence-electron chi connectivity index (χ2n) is 43.9. The van der Waals surface area contributed by atoms with E-state index in [0.717, 1.165) is 154 Å². The summed E-state index contributed by atoms with van der Waals surface area (Å²) in [6.45, 7) is 13.6. The van der Waals surface area contributed by atoms with Crippen LogP contribution in [0.3, 0.4) is 0 Å². The predicted octanol–water partition coefficient (Wildman–Crippen LogP) is 32.0. The van der Waals surface area contributed by atoms with Gasteiger partial charge in [0.25, 0.3) is 5.60 Å². The van der Waals surface area contributed by atoms with Crippen LogP contribution in [0.2, 0.25) is 0 Å². The lowest BCUT2D eigenvalue weighted by Gasteiger charge is -2.63. The predicted molar refractivity (Wildman–Crippen MR) is 523 cm³/mol. The van der Waals surface area contributed by atoms with Crippen LogP contribution >= 0.6 is 0 Å². The summed E-state index contributed by atoms with van der Waals surface area (Å²) in [5, 5.41) is 42.5. The fourth-order valence-corrected chi connectivity index (χ4v) is 25.2. The number of unbranched alkanes of at least 4 members (excludes halogenated alkanes) is 48. The van der Waals surface area contributed by atoms with E-state index in [0.29, 0.717) is 120 Å². The highest BCUT2D eigenvalue weighted by Gasteiger charge is 2.89. The number of ketones is 3. The first-order valence-corrected chi connectivity index (χ1v) is 56.9. The first-order valence-electron chi connectivity index (χ1n) is 56.9. The smallest absolute Gasteiger partial charge is 0.310 e. The zero-order valence-corrected chi connectivity index (χ0v) is 83.6. The van der Waals surface area contributed by atoms with Crippen molar-refractivity contribution in [3.8, 4) is 0 Å². The van der Waals surface area contributed by atoms with Gasteiger partial charge in [0.1, 0.15) is 18.3 Å². The van der Waals surface area contributed by atoms with Gasteiger partial charge in [-0.25, -0.2) is 0 Å². The van der Waals surface area contributed by atoms with E-state index >= 15 is 28.8 Å². The Bertz CT molecular complexity index is 2660. The van der Waals surface area contributed by atoms with Gasteiger partial charge in [0.15, 0.2) is 17.3 Å². The van der Waals surface area contributed by atoms with Crippen LogP contribution in [0.1, 0.15) is 581 Å². The number of carbonyl (C=O) groups excluding carboxylic acids is 6. The second-order valence-corrected chi connectivity index (χ2v) is 43.9. The topological polar surface area (TPSA) is 191 Å². The van der Waals surface area contributed by atoms with Gasteiger partial charge in [0.05, 0.1) is 17.8 Å². The number of carbonyl (C=O) groups is 6. The summed E-state index contributed by atoms with van der Waals surface area (Å²) in [5.74, 6) is -8.67.